The predicted octanol–water partition coefficient (Wildman–Crippen LogP) is 4.01. The molecule has 0 bridgehead atoms. The quantitative estimate of drug-likeness (QED) is 0.852. The van der Waals surface area contributed by atoms with Gasteiger partial charge in [-0.05, 0) is 37.3 Å². The summed E-state index contributed by atoms with van der Waals surface area (Å²) >= 11 is 6.51. The van der Waals surface area contributed by atoms with Crippen molar-refractivity contribution in [1.82, 2.24) is 0 Å². The lowest BCUT2D eigenvalue weighted by Crippen LogP contribution is -2.38. The van der Waals surface area contributed by atoms with Gasteiger partial charge in [0.05, 0.1) is 13.2 Å². The van der Waals surface area contributed by atoms with E-state index in [4.69, 9.17) is 26.8 Å². The molecule has 0 aromatic heterocycles. The third-order valence-electron chi connectivity index (χ3n) is 5.34. The van der Waals surface area contributed by atoms with E-state index in [1.165, 1.54) is 32.1 Å². The molecule has 1 spiro atoms. The number of halogens is 1. The molecule has 114 valence electrons. The molecular formula is C17H22ClNO2. The van der Waals surface area contributed by atoms with Gasteiger partial charge in [-0.15, -0.1) is 0 Å². The minimum atomic E-state index is -0.308. The molecule has 1 heterocycles. The van der Waals surface area contributed by atoms with Crippen LogP contribution in [0.3, 0.4) is 0 Å². The fourth-order valence-corrected chi connectivity index (χ4v) is 3.90. The molecular weight excluding hydrogens is 286 g/mol. The number of fused-ring (bicyclic) bond motifs is 1. The van der Waals surface area contributed by atoms with E-state index in [-0.39, 0.29) is 11.0 Å². The Bertz CT molecular complexity index is 562. The van der Waals surface area contributed by atoms with Crippen LogP contribution in [-0.4, -0.2) is 13.2 Å². The van der Waals surface area contributed by atoms with Crippen molar-refractivity contribution >= 4 is 11.6 Å². The molecule has 1 aromatic carbocycles. The lowest BCUT2D eigenvalue weighted by atomic mass is 9.77. The van der Waals surface area contributed by atoms with Gasteiger partial charge in [-0.3, -0.25) is 0 Å². The summed E-state index contributed by atoms with van der Waals surface area (Å²) in [6.45, 7) is 1.49. The molecule has 0 amide bonds. The Morgan fingerprint density at radius 1 is 0.905 bits per heavy atom. The summed E-state index contributed by atoms with van der Waals surface area (Å²) < 4.78 is 12.0. The molecule has 21 heavy (non-hydrogen) atoms. The normalized spacial score (nSPS) is 25.4. The Hall–Kier alpha value is -0.930. The van der Waals surface area contributed by atoms with Gasteiger partial charge in [-0.2, -0.15) is 0 Å². The topological polar surface area (TPSA) is 44.5 Å². The molecule has 2 N–H and O–H groups in total. The Morgan fingerprint density at radius 3 is 2.14 bits per heavy atom. The van der Waals surface area contributed by atoms with E-state index >= 15 is 0 Å². The Kier molecular flexibility index (Phi) is 3.13. The van der Waals surface area contributed by atoms with Crippen LogP contribution < -0.4 is 15.2 Å². The molecule has 2 fully saturated rings. The maximum absolute atomic E-state index is 6.64. The predicted molar refractivity (Wildman–Crippen MR) is 83.1 cm³/mol. The van der Waals surface area contributed by atoms with Crippen LogP contribution >= 0.6 is 11.6 Å². The Labute approximate surface area is 130 Å². The second-order valence-corrected chi connectivity index (χ2v) is 7.48. The van der Waals surface area contributed by atoms with Gasteiger partial charge in [0.15, 0.2) is 11.5 Å². The largest absolute Gasteiger partial charge is 0.489 e. The highest BCUT2D eigenvalue weighted by Crippen LogP contribution is 2.50. The van der Waals surface area contributed by atoms with E-state index in [9.17, 15) is 0 Å². The average molecular weight is 308 g/mol. The molecule has 2 aliphatic carbocycles. The van der Waals surface area contributed by atoms with E-state index in [0.29, 0.717) is 5.02 Å². The minimum Gasteiger partial charge on any atom is -0.489 e. The summed E-state index contributed by atoms with van der Waals surface area (Å²) in [7, 11) is 0. The molecule has 3 nitrogen and oxygen atoms in total. The first-order valence-corrected chi connectivity index (χ1v) is 8.37. The van der Waals surface area contributed by atoms with Gasteiger partial charge in [0, 0.05) is 22.0 Å². The number of benzene rings is 1. The fourth-order valence-electron chi connectivity index (χ4n) is 3.56. The van der Waals surface area contributed by atoms with Gasteiger partial charge in [-0.25, -0.2) is 0 Å². The molecule has 1 aromatic rings. The van der Waals surface area contributed by atoms with Crippen LogP contribution in [0.5, 0.6) is 11.5 Å². The van der Waals surface area contributed by atoms with Crippen LogP contribution in [0.1, 0.15) is 50.5 Å². The molecule has 0 unspecified atom stereocenters. The zero-order valence-electron chi connectivity index (χ0n) is 12.3. The van der Waals surface area contributed by atoms with E-state index in [1.807, 2.05) is 12.1 Å². The highest BCUT2D eigenvalue weighted by Gasteiger charge is 2.46. The SMILES string of the molecule is NC1(c2cc3c(cc2Cl)OCC2(CC2)CO3)CCCCC1. The lowest BCUT2D eigenvalue weighted by Gasteiger charge is -2.35. The number of hydrogen-bond donors (Lipinski definition) is 1. The third-order valence-corrected chi connectivity index (χ3v) is 5.65. The number of ether oxygens (including phenoxy) is 2. The van der Waals surface area contributed by atoms with E-state index in [2.05, 4.69) is 0 Å². The van der Waals surface area contributed by atoms with Crippen molar-refractivity contribution in [3.05, 3.63) is 22.7 Å². The maximum Gasteiger partial charge on any atom is 0.162 e. The van der Waals surface area contributed by atoms with Gasteiger partial charge in [0.1, 0.15) is 0 Å². The molecule has 4 rings (SSSR count). The van der Waals surface area contributed by atoms with Gasteiger partial charge in [0.25, 0.3) is 0 Å². The zero-order valence-corrected chi connectivity index (χ0v) is 13.0. The molecule has 0 atom stereocenters. The van der Waals surface area contributed by atoms with Crippen molar-refractivity contribution in [3.63, 3.8) is 0 Å². The van der Waals surface area contributed by atoms with Crippen LogP contribution in [-0.2, 0) is 5.54 Å². The summed E-state index contributed by atoms with van der Waals surface area (Å²) in [5.74, 6) is 1.58. The second-order valence-electron chi connectivity index (χ2n) is 7.07. The number of hydrogen-bond acceptors (Lipinski definition) is 3. The van der Waals surface area contributed by atoms with Crippen molar-refractivity contribution < 1.29 is 9.47 Å². The van der Waals surface area contributed by atoms with Crippen molar-refractivity contribution in [3.8, 4) is 11.5 Å². The fraction of sp³-hybridized carbons (Fsp3) is 0.647. The zero-order chi connectivity index (χ0) is 14.5. The summed E-state index contributed by atoms with van der Waals surface area (Å²) in [4.78, 5) is 0. The summed E-state index contributed by atoms with van der Waals surface area (Å²) in [6, 6.07) is 3.93. The first kappa shape index (κ1) is 13.7. The van der Waals surface area contributed by atoms with Crippen LogP contribution in [0.4, 0.5) is 0 Å². The Balaban J connectivity index is 1.68. The average Bonchev–Trinajstić information content (AvgIpc) is 3.27. The highest BCUT2D eigenvalue weighted by molar-refractivity contribution is 6.31. The van der Waals surface area contributed by atoms with Crippen LogP contribution in [0.15, 0.2) is 12.1 Å². The summed E-state index contributed by atoms with van der Waals surface area (Å²) in [5, 5.41) is 0.716. The summed E-state index contributed by atoms with van der Waals surface area (Å²) in [6.07, 6.45) is 8.00. The van der Waals surface area contributed by atoms with Crippen LogP contribution in [0.25, 0.3) is 0 Å². The first-order valence-electron chi connectivity index (χ1n) is 7.99. The molecule has 3 aliphatic rings. The van der Waals surface area contributed by atoms with Gasteiger partial charge in [-0.1, -0.05) is 30.9 Å². The van der Waals surface area contributed by atoms with Crippen molar-refractivity contribution in [1.29, 1.82) is 0 Å². The molecule has 0 saturated heterocycles. The highest BCUT2D eigenvalue weighted by atomic mass is 35.5. The molecule has 2 saturated carbocycles. The summed E-state index contributed by atoms with van der Waals surface area (Å²) in [5.41, 5.74) is 7.60. The van der Waals surface area contributed by atoms with Gasteiger partial charge >= 0.3 is 0 Å². The smallest absolute Gasteiger partial charge is 0.162 e. The monoisotopic (exact) mass is 307 g/mol. The molecule has 0 radical (unpaired) electrons. The maximum atomic E-state index is 6.64. The molecule has 4 heteroatoms. The van der Waals surface area contributed by atoms with Crippen LogP contribution in [0, 0.1) is 5.41 Å². The molecule has 1 aliphatic heterocycles. The van der Waals surface area contributed by atoms with E-state index in [1.54, 1.807) is 0 Å². The van der Waals surface area contributed by atoms with E-state index < -0.39 is 0 Å². The van der Waals surface area contributed by atoms with Crippen LogP contribution in [0.2, 0.25) is 5.02 Å². The van der Waals surface area contributed by atoms with Crippen molar-refractivity contribution in [2.45, 2.75) is 50.5 Å². The van der Waals surface area contributed by atoms with Crippen molar-refractivity contribution in [2.24, 2.45) is 11.1 Å². The van der Waals surface area contributed by atoms with Gasteiger partial charge < -0.3 is 15.2 Å². The minimum absolute atomic E-state index is 0.247. The first-order chi connectivity index (χ1) is 10.1. The number of rotatable bonds is 1. The van der Waals surface area contributed by atoms with Gasteiger partial charge in [0.2, 0.25) is 0 Å². The standard InChI is InChI=1S/C17H22ClNO2/c18-13-9-15-14(20-10-16(6-7-16)11-21-15)8-12(13)17(19)4-2-1-3-5-17/h8-9H,1-7,10-11,19H2. The lowest BCUT2D eigenvalue weighted by molar-refractivity contribution is 0.197. The van der Waals surface area contributed by atoms with Crippen molar-refractivity contribution in [2.75, 3.05) is 13.2 Å². The Morgan fingerprint density at radius 2 is 1.52 bits per heavy atom. The third kappa shape index (κ3) is 2.40. The second kappa shape index (κ2) is 4.79. The van der Waals surface area contributed by atoms with E-state index in [0.717, 1.165) is 43.1 Å². The number of nitrogens with two attached hydrogens (primary N) is 1.